The summed E-state index contributed by atoms with van der Waals surface area (Å²) in [4.78, 5) is 12.5. The predicted molar refractivity (Wildman–Crippen MR) is 99.7 cm³/mol. The number of hydrazone groups is 1. The van der Waals surface area contributed by atoms with Crippen molar-refractivity contribution in [1.82, 2.24) is 5.01 Å². The molecule has 1 heterocycles. The number of urea groups is 1. The highest BCUT2D eigenvalue weighted by atomic mass is 35.5. The van der Waals surface area contributed by atoms with Crippen molar-refractivity contribution in [2.45, 2.75) is 18.4 Å². The van der Waals surface area contributed by atoms with Crippen molar-refractivity contribution < 1.29 is 27.4 Å². The van der Waals surface area contributed by atoms with Crippen LogP contribution in [0.2, 0.25) is 5.02 Å². The molecule has 0 saturated carbocycles. The fraction of sp³-hybridized carbons (Fsp3) is 0.211. The first-order chi connectivity index (χ1) is 13.6. The lowest BCUT2D eigenvalue weighted by Gasteiger charge is -2.33. The van der Waals surface area contributed by atoms with E-state index in [9.17, 15) is 18.0 Å². The van der Waals surface area contributed by atoms with E-state index in [0.717, 1.165) is 28.3 Å². The molecule has 0 fully saturated rings. The van der Waals surface area contributed by atoms with Gasteiger partial charge in [0.25, 0.3) is 0 Å². The van der Waals surface area contributed by atoms with E-state index in [1.165, 1.54) is 12.1 Å². The third-order valence-corrected chi connectivity index (χ3v) is 4.72. The second-order valence-electron chi connectivity index (χ2n) is 6.60. The normalized spacial score (nSPS) is 20.6. The van der Waals surface area contributed by atoms with Crippen LogP contribution in [-0.2, 0) is 11.2 Å². The van der Waals surface area contributed by atoms with Crippen molar-refractivity contribution in [3.8, 4) is 5.75 Å². The van der Waals surface area contributed by atoms with E-state index in [1.54, 1.807) is 12.1 Å². The Labute approximate surface area is 168 Å². The molecule has 1 radical (unpaired) electrons. The van der Waals surface area contributed by atoms with Crippen molar-refractivity contribution in [2.75, 3.05) is 12.0 Å². The molecule has 0 saturated heterocycles. The van der Waals surface area contributed by atoms with Crippen LogP contribution >= 0.6 is 11.6 Å². The number of hydrogen-bond donors (Lipinski definition) is 1. The number of carbonyl (C=O) groups excluding carboxylic acids is 1. The first-order valence-corrected chi connectivity index (χ1v) is 8.82. The Morgan fingerprint density at radius 2 is 2.00 bits per heavy atom. The summed E-state index contributed by atoms with van der Waals surface area (Å²) in [7, 11) is 0. The van der Waals surface area contributed by atoms with Gasteiger partial charge in [0.05, 0.1) is 0 Å². The summed E-state index contributed by atoms with van der Waals surface area (Å²) in [5.41, 5.74) is 1.61. The van der Waals surface area contributed by atoms with Gasteiger partial charge >= 0.3 is 12.4 Å². The average molecular weight is 425 g/mol. The number of anilines is 1. The van der Waals surface area contributed by atoms with E-state index in [-0.39, 0.29) is 18.2 Å². The van der Waals surface area contributed by atoms with Crippen LogP contribution in [0.1, 0.15) is 11.1 Å². The molecule has 1 N–H and O–H groups in total. The maximum absolute atomic E-state index is 12.5. The molecule has 2 aromatic carbocycles. The number of halogens is 4. The molecule has 2 aromatic rings. The number of rotatable bonds is 2. The van der Waals surface area contributed by atoms with E-state index in [4.69, 9.17) is 16.3 Å². The second-order valence-corrected chi connectivity index (χ2v) is 7.03. The molecule has 1 unspecified atom stereocenters. The molecule has 0 aromatic heterocycles. The average Bonchev–Trinajstić information content (AvgIpc) is 2.92. The van der Waals surface area contributed by atoms with Crippen LogP contribution in [0.5, 0.6) is 5.75 Å². The molecular formula is C19H14ClF3N3O3. The minimum Gasteiger partial charge on any atom is -0.406 e. The molecule has 2 aliphatic rings. The van der Waals surface area contributed by atoms with Crippen molar-refractivity contribution in [3.63, 3.8) is 0 Å². The van der Waals surface area contributed by atoms with Gasteiger partial charge in [-0.3, -0.25) is 0 Å². The smallest absolute Gasteiger partial charge is 0.406 e. The molecule has 1 aliphatic carbocycles. The van der Waals surface area contributed by atoms with Crippen LogP contribution in [-0.4, -0.2) is 35.4 Å². The van der Waals surface area contributed by atoms with Crippen LogP contribution < -0.4 is 10.1 Å². The number of nitrogens with one attached hydrogen (secondary N) is 1. The molecule has 10 heteroatoms. The van der Waals surface area contributed by atoms with Gasteiger partial charge in [0.1, 0.15) is 23.8 Å². The number of benzene rings is 2. The number of amides is 2. The van der Waals surface area contributed by atoms with Crippen LogP contribution in [0.4, 0.5) is 23.7 Å². The van der Waals surface area contributed by atoms with Crippen molar-refractivity contribution in [2.24, 2.45) is 5.10 Å². The lowest BCUT2D eigenvalue weighted by Crippen LogP contribution is -2.48. The maximum Gasteiger partial charge on any atom is 0.573 e. The number of ether oxygens (including phenoxy) is 2. The summed E-state index contributed by atoms with van der Waals surface area (Å²) in [6, 6.07) is 9.49. The Kier molecular flexibility index (Phi) is 4.66. The summed E-state index contributed by atoms with van der Waals surface area (Å²) in [5.74, 6) is -0.389. The number of nitrogens with zero attached hydrogens (tertiary/aromatic N) is 2. The highest BCUT2D eigenvalue weighted by Crippen LogP contribution is 2.37. The van der Waals surface area contributed by atoms with E-state index >= 15 is 0 Å². The summed E-state index contributed by atoms with van der Waals surface area (Å²) in [5, 5.41) is 8.60. The zero-order valence-electron chi connectivity index (χ0n) is 14.8. The van der Waals surface area contributed by atoms with Gasteiger partial charge in [-0.05, 0) is 48.9 Å². The van der Waals surface area contributed by atoms with Crippen LogP contribution in [0.3, 0.4) is 0 Å². The number of hydrogen-bond acceptors (Lipinski definition) is 4. The summed E-state index contributed by atoms with van der Waals surface area (Å²) in [6.45, 7) is 3.96. The van der Waals surface area contributed by atoms with Gasteiger partial charge in [0, 0.05) is 22.7 Å². The van der Waals surface area contributed by atoms with Crippen molar-refractivity contribution in [1.29, 1.82) is 0 Å². The molecule has 4 rings (SSSR count). The zero-order chi connectivity index (χ0) is 20.8. The number of fused-ring (bicyclic) bond motifs is 3. The van der Waals surface area contributed by atoms with Gasteiger partial charge in [-0.2, -0.15) is 10.1 Å². The minimum atomic E-state index is -4.78. The summed E-state index contributed by atoms with van der Waals surface area (Å²) >= 11 is 6.04. The second kappa shape index (κ2) is 6.93. The van der Waals surface area contributed by atoms with Gasteiger partial charge in [0.15, 0.2) is 0 Å². The highest BCUT2D eigenvalue weighted by Gasteiger charge is 2.44. The van der Waals surface area contributed by atoms with Gasteiger partial charge in [-0.15, -0.1) is 13.2 Å². The zero-order valence-corrected chi connectivity index (χ0v) is 15.5. The summed E-state index contributed by atoms with van der Waals surface area (Å²) < 4.78 is 46.3. The van der Waals surface area contributed by atoms with E-state index < -0.39 is 18.0 Å². The van der Waals surface area contributed by atoms with Gasteiger partial charge < -0.3 is 14.8 Å². The molecule has 1 atom stereocenters. The molecule has 0 spiro atoms. The fourth-order valence-corrected chi connectivity index (χ4v) is 3.40. The minimum absolute atomic E-state index is 0.129. The Morgan fingerprint density at radius 1 is 1.28 bits per heavy atom. The molecule has 29 heavy (non-hydrogen) atoms. The molecule has 0 bridgehead atoms. The Bertz CT molecular complexity index is 994. The lowest BCUT2D eigenvalue weighted by atomic mass is 10.0. The molecule has 2 amide bonds. The molecular weight excluding hydrogens is 411 g/mol. The predicted octanol–water partition coefficient (Wildman–Crippen LogP) is 4.59. The van der Waals surface area contributed by atoms with Gasteiger partial charge in [-0.25, -0.2) is 4.79 Å². The number of alkyl halides is 3. The summed E-state index contributed by atoms with van der Waals surface area (Å²) in [6.07, 6.45) is -4.30. The Hall–Kier alpha value is -2.78. The molecule has 6 nitrogen and oxygen atoms in total. The highest BCUT2D eigenvalue weighted by molar-refractivity contribution is 6.31. The fourth-order valence-electron chi connectivity index (χ4n) is 3.21. The largest absolute Gasteiger partial charge is 0.573 e. The SMILES string of the molecule is [CH2]C12Cc3cc(Cl)ccc3C1=NN(C(=O)Nc1ccc(OC(F)(F)F)cc1)CO2. The van der Waals surface area contributed by atoms with E-state index in [2.05, 4.69) is 22.1 Å². The molecule has 1 aliphatic heterocycles. The van der Waals surface area contributed by atoms with Crippen LogP contribution in [0, 0.1) is 6.92 Å². The lowest BCUT2D eigenvalue weighted by molar-refractivity contribution is -0.274. The van der Waals surface area contributed by atoms with Crippen LogP contribution in [0.15, 0.2) is 47.6 Å². The van der Waals surface area contributed by atoms with Crippen molar-refractivity contribution >= 4 is 29.0 Å². The standard InChI is InChI=1S/C19H14ClF3N3O3/c1-18-9-11-8-12(20)2-7-15(11)16(18)25-26(10-28-18)17(27)24-13-3-5-14(6-4-13)29-19(21,22)23/h2-8H,1,9-10H2,(H,24,27). The van der Waals surface area contributed by atoms with Gasteiger partial charge in [-0.1, -0.05) is 17.7 Å². The quantitative estimate of drug-likeness (QED) is 0.766. The van der Waals surface area contributed by atoms with E-state index in [0.29, 0.717) is 17.2 Å². The topological polar surface area (TPSA) is 63.2 Å². The first kappa shape index (κ1) is 19.5. The maximum atomic E-state index is 12.5. The van der Waals surface area contributed by atoms with Gasteiger partial charge in [0.2, 0.25) is 0 Å². The molecule has 151 valence electrons. The Morgan fingerprint density at radius 3 is 2.69 bits per heavy atom. The third-order valence-electron chi connectivity index (χ3n) is 4.49. The monoisotopic (exact) mass is 424 g/mol. The Balaban J connectivity index is 1.50. The van der Waals surface area contributed by atoms with Crippen LogP contribution in [0.25, 0.3) is 0 Å². The third kappa shape index (κ3) is 4.01. The first-order valence-electron chi connectivity index (χ1n) is 8.44. The number of carbonyl (C=O) groups is 1. The van der Waals surface area contributed by atoms with E-state index in [1.807, 2.05) is 6.07 Å². The van der Waals surface area contributed by atoms with Crippen molar-refractivity contribution in [3.05, 3.63) is 65.5 Å².